The lowest BCUT2D eigenvalue weighted by molar-refractivity contribution is -0.156. The van der Waals surface area contributed by atoms with E-state index in [1.807, 2.05) is 25.7 Å². The van der Waals surface area contributed by atoms with Crippen LogP contribution in [0.5, 0.6) is 0 Å². The molecule has 21 heavy (non-hydrogen) atoms. The van der Waals surface area contributed by atoms with Crippen LogP contribution in [-0.4, -0.2) is 48.1 Å². The second-order valence-corrected chi connectivity index (χ2v) is 7.21. The molecule has 2 aliphatic heterocycles. The molecule has 0 aromatic rings. The van der Waals surface area contributed by atoms with Gasteiger partial charge in [-0.2, -0.15) is 0 Å². The topological polar surface area (TPSA) is 58.6 Å². The molecule has 1 N–H and O–H groups in total. The van der Waals surface area contributed by atoms with Crippen molar-refractivity contribution in [1.29, 1.82) is 0 Å². The highest BCUT2D eigenvalue weighted by molar-refractivity contribution is 5.82. The van der Waals surface area contributed by atoms with E-state index in [2.05, 4.69) is 5.32 Å². The first-order chi connectivity index (χ1) is 9.85. The van der Waals surface area contributed by atoms with Crippen molar-refractivity contribution in [3.8, 4) is 0 Å². The smallest absolute Gasteiger partial charge is 0.306 e. The number of carbonyl (C=O) groups is 2. The SMILES string of the molecule is CC(C)(C)OC(=O)CC1CCN(C(=O)[C@@H]2CCCN2)CC1. The fourth-order valence-electron chi connectivity index (χ4n) is 3.09. The van der Waals surface area contributed by atoms with Gasteiger partial charge in [-0.05, 0) is 58.9 Å². The van der Waals surface area contributed by atoms with Crippen LogP contribution in [0.3, 0.4) is 0 Å². The van der Waals surface area contributed by atoms with Gasteiger partial charge in [0.25, 0.3) is 0 Å². The van der Waals surface area contributed by atoms with Crippen molar-refractivity contribution in [1.82, 2.24) is 10.2 Å². The average molecular weight is 296 g/mol. The number of carbonyl (C=O) groups excluding carboxylic acids is 2. The summed E-state index contributed by atoms with van der Waals surface area (Å²) >= 11 is 0. The number of nitrogens with zero attached hydrogens (tertiary/aromatic N) is 1. The Morgan fingerprint density at radius 1 is 1.19 bits per heavy atom. The zero-order valence-electron chi connectivity index (χ0n) is 13.5. The molecule has 0 aliphatic carbocycles. The molecule has 1 amide bonds. The first-order valence-corrected chi connectivity index (χ1v) is 8.09. The van der Waals surface area contributed by atoms with Gasteiger partial charge in [0, 0.05) is 19.5 Å². The number of rotatable bonds is 3. The average Bonchev–Trinajstić information content (AvgIpc) is 2.90. The van der Waals surface area contributed by atoms with E-state index in [1.54, 1.807) is 0 Å². The fourth-order valence-corrected chi connectivity index (χ4v) is 3.09. The van der Waals surface area contributed by atoms with E-state index in [1.165, 1.54) is 0 Å². The van der Waals surface area contributed by atoms with Crippen LogP contribution in [0.1, 0.15) is 52.9 Å². The van der Waals surface area contributed by atoms with Crippen LogP contribution in [0.4, 0.5) is 0 Å². The van der Waals surface area contributed by atoms with Gasteiger partial charge < -0.3 is 15.0 Å². The number of likely N-dealkylation sites (tertiary alicyclic amines) is 1. The predicted octanol–water partition coefficient (Wildman–Crippen LogP) is 1.71. The first kappa shape index (κ1) is 16.3. The van der Waals surface area contributed by atoms with Crippen LogP contribution in [0.15, 0.2) is 0 Å². The molecular formula is C16H28N2O3. The molecule has 0 radical (unpaired) electrons. The zero-order chi connectivity index (χ0) is 15.5. The largest absolute Gasteiger partial charge is 0.460 e. The van der Waals surface area contributed by atoms with Crippen LogP contribution >= 0.6 is 0 Å². The summed E-state index contributed by atoms with van der Waals surface area (Å²) in [5.74, 6) is 0.466. The third-order valence-corrected chi connectivity index (χ3v) is 4.16. The van der Waals surface area contributed by atoms with Crippen LogP contribution in [0.2, 0.25) is 0 Å². The predicted molar refractivity (Wildman–Crippen MR) is 80.8 cm³/mol. The maximum Gasteiger partial charge on any atom is 0.306 e. The summed E-state index contributed by atoms with van der Waals surface area (Å²) in [6.07, 6.45) is 4.32. The van der Waals surface area contributed by atoms with Crippen LogP contribution in [-0.2, 0) is 14.3 Å². The van der Waals surface area contributed by atoms with Crippen molar-refractivity contribution in [3.05, 3.63) is 0 Å². The second kappa shape index (κ2) is 6.77. The van der Waals surface area contributed by atoms with Crippen LogP contribution in [0.25, 0.3) is 0 Å². The lowest BCUT2D eigenvalue weighted by atomic mass is 9.93. The molecule has 0 aromatic carbocycles. The Balaban J connectivity index is 1.73. The lowest BCUT2D eigenvalue weighted by Gasteiger charge is -2.33. The zero-order valence-corrected chi connectivity index (χ0v) is 13.5. The minimum atomic E-state index is -0.415. The van der Waals surface area contributed by atoms with Crippen LogP contribution < -0.4 is 5.32 Å². The van der Waals surface area contributed by atoms with E-state index in [9.17, 15) is 9.59 Å². The van der Waals surface area contributed by atoms with E-state index in [0.717, 1.165) is 45.3 Å². The minimum absolute atomic E-state index is 0.0207. The number of hydrogen-bond donors (Lipinski definition) is 1. The van der Waals surface area contributed by atoms with Gasteiger partial charge in [-0.1, -0.05) is 0 Å². The van der Waals surface area contributed by atoms with Gasteiger partial charge in [0.15, 0.2) is 0 Å². The minimum Gasteiger partial charge on any atom is -0.460 e. The Hall–Kier alpha value is -1.10. The van der Waals surface area contributed by atoms with Gasteiger partial charge in [-0.3, -0.25) is 9.59 Å². The van der Waals surface area contributed by atoms with Gasteiger partial charge in [0.05, 0.1) is 6.04 Å². The summed E-state index contributed by atoms with van der Waals surface area (Å²) in [7, 11) is 0. The molecular weight excluding hydrogens is 268 g/mol. The van der Waals surface area contributed by atoms with Crippen LogP contribution in [0, 0.1) is 5.92 Å². The number of ether oxygens (including phenoxy) is 1. The molecule has 0 aromatic heterocycles. The summed E-state index contributed by atoms with van der Waals surface area (Å²) in [6, 6.07) is 0.0207. The Morgan fingerprint density at radius 3 is 2.38 bits per heavy atom. The quantitative estimate of drug-likeness (QED) is 0.806. The number of amides is 1. The molecule has 5 nitrogen and oxygen atoms in total. The molecule has 2 saturated heterocycles. The summed E-state index contributed by atoms with van der Waals surface area (Å²) < 4.78 is 5.37. The maximum atomic E-state index is 12.3. The molecule has 0 bridgehead atoms. The fraction of sp³-hybridized carbons (Fsp3) is 0.875. The Bertz CT molecular complexity index is 375. The van der Waals surface area contributed by atoms with Gasteiger partial charge in [0.1, 0.15) is 5.60 Å². The molecule has 2 aliphatic rings. The molecule has 2 rings (SSSR count). The van der Waals surface area contributed by atoms with Crippen molar-refractivity contribution in [3.63, 3.8) is 0 Å². The van der Waals surface area contributed by atoms with Gasteiger partial charge in [-0.25, -0.2) is 0 Å². The lowest BCUT2D eigenvalue weighted by Crippen LogP contribution is -2.47. The summed E-state index contributed by atoms with van der Waals surface area (Å²) in [5, 5.41) is 3.26. The third-order valence-electron chi connectivity index (χ3n) is 4.16. The van der Waals surface area contributed by atoms with Gasteiger partial charge in [-0.15, -0.1) is 0 Å². The van der Waals surface area contributed by atoms with Crippen molar-refractivity contribution in [2.75, 3.05) is 19.6 Å². The van der Waals surface area contributed by atoms with E-state index in [0.29, 0.717) is 12.3 Å². The highest BCUT2D eigenvalue weighted by atomic mass is 16.6. The van der Waals surface area contributed by atoms with Crippen molar-refractivity contribution in [2.45, 2.75) is 64.5 Å². The third kappa shape index (κ3) is 4.99. The Morgan fingerprint density at radius 2 is 1.86 bits per heavy atom. The first-order valence-electron chi connectivity index (χ1n) is 8.09. The summed E-state index contributed by atoms with van der Waals surface area (Å²) in [6.45, 7) is 8.16. The summed E-state index contributed by atoms with van der Waals surface area (Å²) in [4.78, 5) is 26.1. The highest BCUT2D eigenvalue weighted by Crippen LogP contribution is 2.23. The van der Waals surface area contributed by atoms with Crippen molar-refractivity contribution < 1.29 is 14.3 Å². The highest BCUT2D eigenvalue weighted by Gasteiger charge is 2.31. The van der Waals surface area contributed by atoms with E-state index in [4.69, 9.17) is 4.74 Å². The molecule has 0 unspecified atom stereocenters. The monoisotopic (exact) mass is 296 g/mol. The molecule has 0 spiro atoms. The number of esters is 1. The van der Waals surface area contributed by atoms with Crippen molar-refractivity contribution >= 4 is 11.9 Å². The van der Waals surface area contributed by atoms with Gasteiger partial charge in [0.2, 0.25) is 5.91 Å². The number of nitrogens with one attached hydrogen (secondary N) is 1. The van der Waals surface area contributed by atoms with Gasteiger partial charge >= 0.3 is 5.97 Å². The summed E-state index contributed by atoms with van der Waals surface area (Å²) in [5.41, 5.74) is -0.415. The molecule has 2 fully saturated rings. The molecule has 1 atom stereocenters. The Labute approximate surface area is 127 Å². The molecule has 120 valence electrons. The Kier molecular flexibility index (Phi) is 5.25. The normalized spacial score (nSPS) is 24.1. The van der Waals surface area contributed by atoms with E-state index >= 15 is 0 Å². The number of hydrogen-bond acceptors (Lipinski definition) is 4. The number of piperidine rings is 1. The second-order valence-electron chi connectivity index (χ2n) is 7.21. The van der Waals surface area contributed by atoms with E-state index in [-0.39, 0.29) is 17.9 Å². The molecule has 2 heterocycles. The molecule has 0 saturated carbocycles. The standard InChI is InChI=1S/C16H28N2O3/c1-16(2,3)21-14(19)11-12-6-9-18(10-7-12)15(20)13-5-4-8-17-13/h12-13,17H,4-11H2,1-3H3/t13-/m0/s1. The molecule has 5 heteroatoms. The van der Waals surface area contributed by atoms with Crippen molar-refractivity contribution in [2.24, 2.45) is 5.92 Å². The maximum absolute atomic E-state index is 12.3. The van der Waals surface area contributed by atoms with E-state index < -0.39 is 5.60 Å².